The number of nitrogen functional groups attached to an aromatic ring is 1. The topological polar surface area (TPSA) is 86.0 Å². The highest BCUT2D eigenvalue weighted by molar-refractivity contribution is 5.84. The van der Waals surface area contributed by atoms with Crippen molar-refractivity contribution in [1.82, 2.24) is 15.0 Å². The molecule has 1 aromatic carbocycles. The lowest BCUT2D eigenvalue weighted by Gasteiger charge is -2.30. The molecule has 6 heteroatoms. The number of nitrogens with zero attached hydrogens (tertiary/aromatic N) is 3. The smallest absolute Gasteiger partial charge is 0.149 e. The number of benzene rings is 1. The van der Waals surface area contributed by atoms with E-state index in [1.807, 2.05) is 36.5 Å². The van der Waals surface area contributed by atoms with Crippen LogP contribution < -0.4 is 15.8 Å². The van der Waals surface area contributed by atoms with E-state index in [-0.39, 0.29) is 6.10 Å². The van der Waals surface area contributed by atoms with Crippen LogP contribution >= 0.6 is 0 Å². The van der Waals surface area contributed by atoms with Crippen LogP contribution in [-0.2, 0) is 0 Å². The number of rotatable bonds is 4. The average molecular weight is 335 g/mol. The fourth-order valence-corrected chi connectivity index (χ4v) is 3.32. The summed E-state index contributed by atoms with van der Waals surface area (Å²) < 4.78 is 6.22. The van der Waals surface area contributed by atoms with E-state index in [4.69, 9.17) is 10.5 Å². The maximum Gasteiger partial charge on any atom is 0.149 e. The number of nitrogens with two attached hydrogens (primary N) is 1. The van der Waals surface area contributed by atoms with E-state index in [9.17, 15) is 0 Å². The van der Waals surface area contributed by atoms with Crippen molar-refractivity contribution in [2.45, 2.75) is 37.8 Å². The Morgan fingerprint density at radius 1 is 0.960 bits per heavy atom. The summed E-state index contributed by atoms with van der Waals surface area (Å²) in [5.74, 6) is 1.66. The minimum atomic E-state index is 0.175. The quantitative estimate of drug-likeness (QED) is 0.711. The predicted octanol–water partition coefficient (Wildman–Crippen LogP) is 3.41. The van der Waals surface area contributed by atoms with Crippen LogP contribution in [0.5, 0.6) is 5.75 Å². The normalized spacial score (nSPS) is 20.3. The number of ether oxygens (including phenoxy) is 1. The molecule has 0 spiro atoms. The summed E-state index contributed by atoms with van der Waals surface area (Å²) in [6.07, 6.45) is 9.40. The van der Waals surface area contributed by atoms with E-state index in [0.29, 0.717) is 11.7 Å². The van der Waals surface area contributed by atoms with Crippen molar-refractivity contribution in [3.8, 4) is 5.75 Å². The fourth-order valence-electron chi connectivity index (χ4n) is 3.32. The Balaban J connectivity index is 1.41. The molecular weight excluding hydrogens is 314 g/mol. The molecule has 0 amide bonds. The van der Waals surface area contributed by atoms with Gasteiger partial charge in [0.1, 0.15) is 17.1 Å². The van der Waals surface area contributed by atoms with Gasteiger partial charge in [0.25, 0.3) is 0 Å². The Morgan fingerprint density at radius 3 is 2.60 bits per heavy atom. The molecule has 128 valence electrons. The first-order valence-electron chi connectivity index (χ1n) is 8.62. The molecule has 0 unspecified atom stereocenters. The lowest BCUT2D eigenvalue weighted by Crippen LogP contribution is -2.31. The third-order valence-electron chi connectivity index (χ3n) is 4.55. The molecule has 3 N–H and O–H groups in total. The van der Waals surface area contributed by atoms with E-state index in [1.54, 1.807) is 12.4 Å². The number of pyridine rings is 1. The SMILES string of the molecule is Nc1cc(OC2CCC(Nc3ccccn3)CC2)c2nccnc2c1. The van der Waals surface area contributed by atoms with Crippen LogP contribution in [-0.4, -0.2) is 27.1 Å². The molecule has 1 aliphatic rings. The third-order valence-corrected chi connectivity index (χ3v) is 4.55. The summed E-state index contributed by atoms with van der Waals surface area (Å²) in [6.45, 7) is 0. The predicted molar refractivity (Wildman–Crippen MR) is 98.5 cm³/mol. The molecule has 2 heterocycles. The van der Waals surface area contributed by atoms with Crippen LogP contribution in [0.4, 0.5) is 11.5 Å². The van der Waals surface area contributed by atoms with Crippen molar-refractivity contribution >= 4 is 22.5 Å². The highest BCUT2D eigenvalue weighted by Gasteiger charge is 2.23. The Bertz CT molecular complexity index is 847. The van der Waals surface area contributed by atoms with Gasteiger partial charge in [0.15, 0.2) is 0 Å². The van der Waals surface area contributed by atoms with Gasteiger partial charge in [-0.15, -0.1) is 0 Å². The van der Waals surface area contributed by atoms with Gasteiger partial charge in [-0.3, -0.25) is 4.98 Å². The van der Waals surface area contributed by atoms with Crippen molar-refractivity contribution in [1.29, 1.82) is 0 Å². The minimum Gasteiger partial charge on any atom is -0.488 e. The third kappa shape index (κ3) is 3.63. The van der Waals surface area contributed by atoms with Crippen LogP contribution in [0.2, 0.25) is 0 Å². The average Bonchev–Trinajstić information content (AvgIpc) is 2.64. The lowest BCUT2D eigenvalue weighted by atomic mass is 9.93. The van der Waals surface area contributed by atoms with Crippen molar-refractivity contribution in [2.24, 2.45) is 0 Å². The number of nitrogens with one attached hydrogen (secondary N) is 1. The number of anilines is 2. The number of aromatic nitrogens is 3. The second-order valence-corrected chi connectivity index (χ2v) is 6.39. The van der Waals surface area contributed by atoms with Gasteiger partial charge in [-0.25, -0.2) is 9.97 Å². The summed E-state index contributed by atoms with van der Waals surface area (Å²) in [4.78, 5) is 13.0. The van der Waals surface area contributed by atoms with Crippen LogP contribution in [0.3, 0.4) is 0 Å². The zero-order chi connectivity index (χ0) is 17.1. The molecule has 0 bridgehead atoms. The van der Waals surface area contributed by atoms with Crippen molar-refractivity contribution in [3.05, 3.63) is 48.9 Å². The van der Waals surface area contributed by atoms with Gasteiger partial charge >= 0.3 is 0 Å². The monoisotopic (exact) mass is 335 g/mol. The van der Waals surface area contributed by atoms with Crippen molar-refractivity contribution < 1.29 is 4.74 Å². The highest BCUT2D eigenvalue weighted by atomic mass is 16.5. The summed E-state index contributed by atoms with van der Waals surface area (Å²) in [5, 5.41) is 3.49. The summed E-state index contributed by atoms with van der Waals surface area (Å²) in [5.41, 5.74) is 8.16. The molecule has 4 rings (SSSR count). The van der Waals surface area contributed by atoms with E-state index < -0.39 is 0 Å². The van der Waals surface area contributed by atoms with Crippen molar-refractivity contribution in [2.75, 3.05) is 11.1 Å². The molecule has 3 aromatic rings. The van der Waals surface area contributed by atoms with E-state index in [2.05, 4.69) is 20.3 Å². The Kier molecular flexibility index (Phi) is 4.33. The Morgan fingerprint density at radius 2 is 1.80 bits per heavy atom. The largest absolute Gasteiger partial charge is 0.488 e. The first kappa shape index (κ1) is 15.6. The zero-order valence-electron chi connectivity index (χ0n) is 13.9. The fraction of sp³-hybridized carbons (Fsp3) is 0.316. The molecule has 6 nitrogen and oxygen atoms in total. The summed E-state index contributed by atoms with van der Waals surface area (Å²) in [7, 11) is 0. The van der Waals surface area contributed by atoms with Crippen LogP contribution in [0, 0.1) is 0 Å². The van der Waals surface area contributed by atoms with Gasteiger partial charge < -0.3 is 15.8 Å². The van der Waals surface area contributed by atoms with Crippen LogP contribution in [0.15, 0.2) is 48.9 Å². The first-order valence-corrected chi connectivity index (χ1v) is 8.62. The molecule has 1 saturated carbocycles. The van der Waals surface area contributed by atoms with Gasteiger partial charge in [0, 0.05) is 36.4 Å². The maximum atomic E-state index is 6.22. The highest BCUT2D eigenvalue weighted by Crippen LogP contribution is 2.30. The summed E-state index contributed by atoms with van der Waals surface area (Å²) >= 11 is 0. The van der Waals surface area contributed by atoms with Gasteiger partial charge in [0.2, 0.25) is 0 Å². The van der Waals surface area contributed by atoms with Crippen LogP contribution in [0.25, 0.3) is 11.0 Å². The molecule has 25 heavy (non-hydrogen) atoms. The Hall–Kier alpha value is -2.89. The molecule has 0 radical (unpaired) electrons. The molecular formula is C19H21N5O. The first-order chi connectivity index (χ1) is 12.3. The number of hydrogen-bond acceptors (Lipinski definition) is 6. The summed E-state index contributed by atoms with van der Waals surface area (Å²) in [6, 6.07) is 10.0. The lowest BCUT2D eigenvalue weighted by molar-refractivity contribution is 0.152. The van der Waals surface area contributed by atoms with Gasteiger partial charge in [-0.05, 0) is 43.9 Å². The molecule has 2 aromatic heterocycles. The van der Waals surface area contributed by atoms with Gasteiger partial charge in [-0.2, -0.15) is 0 Å². The molecule has 1 fully saturated rings. The van der Waals surface area contributed by atoms with E-state index >= 15 is 0 Å². The molecule has 0 aliphatic heterocycles. The number of fused-ring (bicyclic) bond motifs is 1. The maximum absolute atomic E-state index is 6.22. The van der Waals surface area contributed by atoms with E-state index in [1.165, 1.54) is 0 Å². The molecule has 0 atom stereocenters. The van der Waals surface area contributed by atoms with Gasteiger partial charge in [-0.1, -0.05) is 6.07 Å². The number of hydrogen-bond donors (Lipinski definition) is 2. The Labute approximate surface area is 146 Å². The minimum absolute atomic E-state index is 0.175. The van der Waals surface area contributed by atoms with Crippen LogP contribution in [0.1, 0.15) is 25.7 Å². The second kappa shape index (κ2) is 6.93. The van der Waals surface area contributed by atoms with E-state index in [0.717, 1.165) is 48.3 Å². The second-order valence-electron chi connectivity index (χ2n) is 6.39. The molecule has 0 saturated heterocycles. The molecule has 1 aliphatic carbocycles. The zero-order valence-corrected chi connectivity index (χ0v) is 13.9. The van der Waals surface area contributed by atoms with Gasteiger partial charge in [0.05, 0.1) is 11.6 Å². The van der Waals surface area contributed by atoms with Crippen molar-refractivity contribution in [3.63, 3.8) is 0 Å². The standard InChI is InChI=1S/C19H21N5O/c20-13-11-16-19(23-10-9-21-16)17(12-13)25-15-6-4-14(5-7-15)24-18-3-1-2-8-22-18/h1-3,8-12,14-15H,4-7,20H2,(H,22,24).